The Morgan fingerprint density at radius 3 is 1.05 bits per heavy atom. The van der Waals surface area contributed by atoms with Crippen LogP contribution in [0, 0.1) is 31.1 Å². The normalized spacial score (nSPS) is 7.23. The molecule has 0 spiro atoms. The molecule has 121 valence electrons. The maximum atomic E-state index is 9.44. The van der Waals surface area contributed by atoms with Crippen molar-refractivity contribution in [1.82, 2.24) is 0 Å². The van der Waals surface area contributed by atoms with Crippen molar-refractivity contribution in [2.45, 2.75) is 0 Å². The van der Waals surface area contributed by atoms with Crippen LogP contribution in [0.1, 0.15) is 0 Å². The van der Waals surface area contributed by atoms with Gasteiger partial charge < -0.3 is 40.4 Å². The summed E-state index contributed by atoms with van der Waals surface area (Å²) in [7, 11) is 0. The van der Waals surface area contributed by atoms with E-state index in [1.54, 1.807) is 0 Å². The molecule has 0 aromatic carbocycles. The van der Waals surface area contributed by atoms with E-state index < -0.39 is 35.8 Å². The Balaban J connectivity index is -0.000000108. The number of rotatable bonds is 0. The number of aliphatic carboxylic acids is 3. The molecule has 0 aromatic rings. The Labute approximate surface area is 141 Å². The number of carboxylic acids is 3. The third-order valence-corrected chi connectivity index (χ3v) is 0.750. The number of hydrogen-bond acceptors (Lipinski definition) is 13. The first-order valence-corrected chi connectivity index (χ1v) is 3.75. The summed E-state index contributed by atoms with van der Waals surface area (Å²) in [5.74, 6) is -11.2. The quantitative estimate of drug-likeness (QED) is 0.143. The molecule has 0 bridgehead atoms. The van der Waals surface area contributed by atoms with E-state index in [1.165, 1.54) is 0 Å². The maximum Gasteiger partial charge on any atom is 3.00 e. The van der Waals surface area contributed by atoms with Crippen molar-refractivity contribution >= 4 is 35.8 Å². The Kier molecular flexibility index (Phi) is 21.4. The van der Waals surface area contributed by atoms with Crippen LogP contribution < -0.4 is 15.6 Å². The molecular formula is C6H3O15U. The predicted molar refractivity (Wildman–Crippen MR) is 41.2 cm³/mol. The van der Waals surface area contributed by atoms with Crippen LogP contribution in [0.25, 0.3) is 0 Å². The largest absolute Gasteiger partial charge is 3.00 e. The summed E-state index contributed by atoms with van der Waals surface area (Å²) < 4.78 is 0. The minimum atomic E-state index is -2.13. The summed E-state index contributed by atoms with van der Waals surface area (Å²) >= 11 is 0. The molecule has 0 atom stereocenters. The first-order valence-electron chi connectivity index (χ1n) is 3.75. The van der Waals surface area contributed by atoms with E-state index in [2.05, 4.69) is 14.7 Å². The number of carbonyl (C=O) groups excluding carboxylic acids is 4. The van der Waals surface area contributed by atoms with Crippen molar-refractivity contribution in [2.24, 2.45) is 0 Å². The summed E-state index contributed by atoms with van der Waals surface area (Å²) in [6.07, 6.45) is 0. The SMILES string of the molecule is O=C(O)C(=O)OO.O=C(O)C(=O)O[O-].O=C([O-])C(=O)O[O-].[U+3]. The molecule has 0 aliphatic carbocycles. The first kappa shape index (κ1) is 28.0. The van der Waals surface area contributed by atoms with Crippen LogP contribution >= 0.6 is 0 Å². The van der Waals surface area contributed by atoms with Crippen LogP contribution in [0.2, 0.25) is 0 Å². The van der Waals surface area contributed by atoms with Gasteiger partial charge in [0.1, 0.15) is 0 Å². The van der Waals surface area contributed by atoms with E-state index in [1.807, 2.05) is 0 Å². The minimum absolute atomic E-state index is 0. The van der Waals surface area contributed by atoms with Crippen molar-refractivity contribution < 1.29 is 106 Å². The topological polar surface area (TPSA) is 260 Å². The molecule has 0 aliphatic heterocycles. The monoisotopic (exact) mass is 553 g/mol. The van der Waals surface area contributed by atoms with Crippen LogP contribution in [0.3, 0.4) is 0 Å². The van der Waals surface area contributed by atoms with Crippen molar-refractivity contribution in [3.8, 4) is 0 Å². The van der Waals surface area contributed by atoms with Crippen LogP contribution in [0.4, 0.5) is 0 Å². The average molecular weight is 553 g/mol. The van der Waals surface area contributed by atoms with Gasteiger partial charge in [-0.15, -0.1) is 0 Å². The van der Waals surface area contributed by atoms with Crippen molar-refractivity contribution in [2.75, 3.05) is 0 Å². The first-order chi connectivity index (χ1) is 9.54. The fourth-order valence-electron chi connectivity index (χ4n) is 0.109. The molecule has 0 saturated carbocycles. The molecule has 0 unspecified atom stereocenters. The van der Waals surface area contributed by atoms with E-state index in [0.29, 0.717) is 0 Å². The molecule has 1 radical (unpaired) electrons. The van der Waals surface area contributed by atoms with Gasteiger partial charge in [0.25, 0.3) is 0 Å². The van der Waals surface area contributed by atoms with Gasteiger partial charge in [-0.3, -0.25) is 4.89 Å². The van der Waals surface area contributed by atoms with Gasteiger partial charge in [-0.05, 0) is 0 Å². The van der Waals surface area contributed by atoms with E-state index in [4.69, 9.17) is 35.9 Å². The second-order valence-electron chi connectivity index (χ2n) is 2.02. The summed E-state index contributed by atoms with van der Waals surface area (Å²) in [6, 6.07) is 0. The number of hydrogen-bond donors (Lipinski definition) is 3. The fraction of sp³-hybridized carbons (Fsp3) is 0. The third kappa shape index (κ3) is 20.1. The van der Waals surface area contributed by atoms with Gasteiger partial charge in [-0.1, -0.05) is 0 Å². The van der Waals surface area contributed by atoms with Gasteiger partial charge in [0.15, 0.2) is 5.97 Å². The van der Waals surface area contributed by atoms with Crippen LogP contribution in [0.15, 0.2) is 0 Å². The minimum Gasteiger partial charge on any atom is -0.661 e. The van der Waals surface area contributed by atoms with Gasteiger partial charge >= 0.3 is 61.0 Å². The molecular weight excluding hydrogens is 550 g/mol. The van der Waals surface area contributed by atoms with Crippen molar-refractivity contribution in [3.63, 3.8) is 0 Å². The Hall–Kier alpha value is -2.25. The second kappa shape index (κ2) is 16.8. The fourth-order valence-corrected chi connectivity index (χ4v) is 0.109. The van der Waals surface area contributed by atoms with Gasteiger partial charge in [0.05, 0.1) is 0 Å². The maximum absolute atomic E-state index is 9.44. The van der Waals surface area contributed by atoms with E-state index >= 15 is 0 Å². The molecule has 0 saturated heterocycles. The molecule has 0 rings (SSSR count). The van der Waals surface area contributed by atoms with Gasteiger partial charge in [-0.25, -0.2) is 24.0 Å². The van der Waals surface area contributed by atoms with Crippen LogP contribution in [-0.2, 0) is 43.4 Å². The second-order valence-corrected chi connectivity index (χ2v) is 2.02. The molecule has 0 aromatic heterocycles. The Morgan fingerprint density at radius 1 is 0.727 bits per heavy atom. The van der Waals surface area contributed by atoms with Gasteiger partial charge in [0.2, 0.25) is 0 Å². The molecule has 0 aliphatic rings. The molecule has 0 heterocycles. The van der Waals surface area contributed by atoms with Crippen molar-refractivity contribution in [1.29, 1.82) is 0 Å². The summed E-state index contributed by atoms with van der Waals surface area (Å²) in [5.41, 5.74) is 0. The summed E-state index contributed by atoms with van der Waals surface area (Å²) in [6.45, 7) is 0. The summed E-state index contributed by atoms with van der Waals surface area (Å²) in [4.78, 5) is 63.6. The average Bonchev–Trinajstić information content (AvgIpc) is 2.45. The standard InChI is InChI=1S/3C2H2O5.U/c3*3-1(4)2(5)7-6;/h3*6H,(H,3,4);/q;;;+3/p-3. The molecule has 0 amide bonds. The molecule has 0 fully saturated rings. The zero-order valence-electron chi connectivity index (χ0n) is 9.74. The molecule has 16 heteroatoms. The predicted octanol–water partition coefficient (Wildman–Crippen LogP) is -6.47. The van der Waals surface area contributed by atoms with E-state index in [9.17, 15) is 24.0 Å². The third-order valence-electron chi connectivity index (χ3n) is 0.750. The Bertz CT molecular complexity index is 350. The van der Waals surface area contributed by atoms with Gasteiger partial charge in [0, 0.05) is 0 Å². The molecule has 22 heavy (non-hydrogen) atoms. The van der Waals surface area contributed by atoms with Crippen molar-refractivity contribution in [3.05, 3.63) is 0 Å². The number of carbonyl (C=O) groups is 6. The van der Waals surface area contributed by atoms with Crippen LogP contribution in [-0.4, -0.2) is 51.3 Å². The molecule has 3 N–H and O–H groups in total. The van der Waals surface area contributed by atoms with E-state index in [0.717, 1.165) is 0 Å². The number of carboxylic acid groups (broad SMARTS) is 3. The smallest absolute Gasteiger partial charge is 0.661 e. The zero-order chi connectivity index (χ0) is 17.6. The zero-order valence-corrected chi connectivity index (χ0v) is 13.9. The van der Waals surface area contributed by atoms with E-state index in [-0.39, 0.29) is 31.1 Å². The summed E-state index contributed by atoms with van der Waals surface area (Å²) in [5, 5.41) is 49.1. The Morgan fingerprint density at radius 2 is 1.05 bits per heavy atom. The van der Waals surface area contributed by atoms with Crippen LogP contribution in [0.5, 0.6) is 0 Å². The van der Waals surface area contributed by atoms with Gasteiger partial charge in [-0.2, -0.15) is 5.26 Å². The molecule has 15 nitrogen and oxygen atoms in total.